The van der Waals surface area contributed by atoms with Gasteiger partial charge in [-0.05, 0) is 82.4 Å². The van der Waals surface area contributed by atoms with E-state index in [1.807, 2.05) is 12.1 Å². The van der Waals surface area contributed by atoms with Crippen LogP contribution in [0.2, 0.25) is 0 Å². The summed E-state index contributed by atoms with van der Waals surface area (Å²) in [6.07, 6.45) is 10.00. The summed E-state index contributed by atoms with van der Waals surface area (Å²) < 4.78 is 27.8. The molecule has 9 heteroatoms. The first-order valence-electron chi connectivity index (χ1n) is 11.0. The highest BCUT2D eigenvalue weighted by Gasteiger charge is 2.17. The number of hydrogen-bond acceptors (Lipinski definition) is 7. The molecule has 0 bridgehead atoms. The Hall–Kier alpha value is -2.55. The van der Waals surface area contributed by atoms with E-state index in [9.17, 15) is 9.90 Å². The maximum atomic E-state index is 12.2. The minimum atomic E-state index is -0.353. The van der Waals surface area contributed by atoms with Gasteiger partial charge in [-0.1, -0.05) is 24.3 Å². The van der Waals surface area contributed by atoms with Crippen LogP contribution in [-0.4, -0.2) is 38.0 Å². The molecule has 2 atom stereocenters. The highest BCUT2D eigenvalue weighted by atomic mass is 127. The number of methoxy groups -OCH3 is 2. The molecule has 7 nitrogen and oxygen atoms in total. The summed E-state index contributed by atoms with van der Waals surface area (Å²) in [5.41, 5.74) is 1.55. The summed E-state index contributed by atoms with van der Waals surface area (Å²) in [6, 6.07) is 10.8. The van der Waals surface area contributed by atoms with Gasteiger partial charge in [0.2, 0.25) is 0 Å². The lowest BCUT2D eigenvalue weighted by atomic mass is 10.1. The van der Waals surface area contributed by atoms with Gasteiger partial charge < -0.3 is 28.6 Å². The monoisotopic (exact) mass is 610 g/mol. The Morgan fingerprint density at radius 3 is 2.29 bits per heavy atom. The third-order valence-electron chi connectivity index (χ3n) is 5.10. The van der Waals surface area contributed by atoms with Gasteiger partial charge in [-0.2, -0.15) is 0 Å². The molecule has 1 fully saturated rings. The first-order chi connectivity index (χ1) is 17.0. The Balaban J connectivity index is 1.62. The second-order valence-corrected chi connectivity index (χ2v) is 9.23. The zero-order valence-corrected chi connectivity index (χ0v) is 22.7. The van der Waals surface area contributed by atoms with Crippen LogP contribution in [0.3, 0.4) is 0 Å². The molecule has 0 amide bonds. The van der Waals surface area contributed by atoms with E-state index >= 15 is 0 Å². The molecule has 0 aliphatic carbocycles. The van der Waals surface area contributed by atoms with Crippen molar-refractivity contribution in [3.8, 4) is 23.0 Å². The predicted molar refractivity (Wildman–Crippen MR) is 147 cm³/mol. The van der Waals surface area contributed by atoms with E-state index in [1.54, 1.807) is 50.6 Å². The summed E-state index contributed by atoms with van der Waals surface area (Å²) in [6.45, 7) is 0.967. The maximum absolute atomic E-state index is 12.2. The molecule has 2 aromatic carbocycles. The third-order valence-corrected chi connectivity index (χ3v) is 6.05. The van der Waals surface area contributed by atoms with Crippen molar-refractivity contribution < 1.29 is 33.4 Å². The van der Waals surface area contributed by atoms with Gasteiger partial charge in [0.05, 0.1) is 20.8 Å². The van der Waals surface area contributed by atoms with Gasteiger partial charge in [0.15, 0.2) is 35.1 Å². The summed E-state index contributed by atoms with van der Waals surface area (Å²) in [4.78, 5) is 12.2. The fourth-order valence-electron chi connectivity index (χ4n) is 3.35. The Kier molecular flexibility index (Phi) is 10.9. The number of hydrogen-bond donors (Lipinski definition) is 1. The molecule has 1 heterocycles. The molecule has 186 valence electrons. The number of ketones is 1. The van der Waals surface area contributed by atoms with Crippen LogP contribution in [0.5, 0.6) is 23.0 Å². The molecule has 2 unspecified atom stereocenters. The van der Waals surface area contributed by atoms with Crippen LogP contribution in [0.25, 0.3) is 12.2 Å². The lowest BCUT2D eigenvalue weighted by Gasteiger charge is -2.24. The van der Waals surface area contributed by atoms with Crippen LogP contribution in [-0.2, 0) is 9.53 Å². The van der Waals surface area contributed by atoms with Crippen molar-refractivity contribution in [2.75, 3.05) is 20.8 Å². The lowest BCUT2D eigenvalue weighted by molar-refractivity contribution is -0.110. The molecule has 0 spiro atoms. The summed E-state index contributed by atoms with van der Waals surface area (Å²) in [5.74, 6) is 1.87. The normalized spacial score (nSPS) is 16.8. The second kappa shape index (κ2) is 14.1. The first kappa shape index (κ1) is 27.0. The quantitative estimate of drug-likeness (QED) is 0.100. The molecule has 0 radical (unpaired) electrons. The summed E-state index contributed by atoms with van der Waals surface area (Å²) >= 11 is 2.13. The van der Waals surface area contributed by atoms with Crippen molar-refractivity contribution in [3.63, 3.8) is 0 Å². The highest BCUT2D eigenvalue weighted by molar-refractivity contribution is 14.2. The first-order valence-corrected chi connectivity index (χ1v) is 15.0. The molecule has 1 aliphatic heterocycles. The molecular formula is C26H28IO7P. The molecule has 1 N–H and O–H groups in total. The van der Waals surface area contributed by atoms with Gasteiger partial charge in [-0.25, -0.2) is 0 Å². The second-order valence-electron chi connectivity index (χ2n) is 7.55. The van der Waals surface area contributed by atoms with Gasteiger partial charge in [0, 0.05) is 12.5 Å². The minimum Gasteiger partial charge on any atom is -0.508 e. The van der Waals surface area contributed by atoms with Gasteiger partial charge in [-0.3, -0.25) is 4.79 Å². The van der Waals surface area contributed by atoms with Crippen LogP contribution in [0.15, 0.2) is 60.4 Å². The van der Waals surface area contributed by atoms with Crippen LogP contribution >= 0.6 is 28.5 Å². The number of aliphatic hydroxyl groups is 1. The van der Waals surface area contributed by atoms with Crippen molar-refractivity contribution in [2.24, 2.45) is 0 Å². The van der Waals surface area contributed by atoms with Gasteiger partial charge in [0.1, 0.15) is 12.2 Å². The van der Waals surface area contributed by atoms with Crippen LogP contribution in [0, 0.1) is 0 Å². The molecule has 35 heavy (non-hydrogen) atoms. The number of benzene rings is 2. The molecule has 0 saturated carbocycles. The smallest absolute Gasteiger partial charge is 0.200 e. The van der Waals surface area contributed by atoms with Gasteiger partial charge >= 0.3 is 0 Å². The van der Waals surface area contributed by atoms with Crippen molar-refractivity contribution in [1.82, 2.24) is 0 Å². The largest absolute Gasteiger partial charge is 0.508 e. The Morgan fingerprint density at radius 2 is 1.66 bits per heavy atom. The number of rotatable bonds is 11. The summed E-state index contributed by atoms with van der Waals surface area (Å²) in [7, 11) is 3.13. The molecular weight excluding hydrogens is 582 g/mol. The van der Waals surface area contributed by atoms with Gasteiger partial charge in [0.25, 0.3) is 0 Å². The Bertz CT molecular complexity index is 1090. The van der Waals surface area contributed by atoms with E-state index in [0.29, 0.717) is 29.6 Å². The van der Waals surface area contributed by atoms with Crippen LogP contribution in [0.4, 0.5) is 0 Å². The lowest BCUT2D eigenvalue weighted by Crippen LogP contribution is -2.25. The molecule has 1 aliphatic rings. The van der Waals surface area contributed by atoms with Crippen molar-refractivity contribution in [3.05, 3.63) is 71.5 Å². The molecule has 0 aromatic heterocycles. The summed E-state index contributed by atoms with van der Waals surface area (Å²) in [5, 5.41) is 10.2. The van der Waals surface area contributed by atoms with E-state index in [1.165, 1.54) is 12.2 Å². The molecule has 1 saturated heterocycles. The maximum Gasteiger partial charge on any atom is 0.200 e. The van der Waals surface area contributed by atoms with Gasteiger partial charge in [-0.15, -0.1) is 0 Å². The standard InChI is InChI=1S/C26H28IO7P/c1-30-24-15-18(8-12-22(24)33-26-5-3-4-14-32-26)6-10-20(28)17-21(29)11-7-19-9-13-23(34-35-27)25(16-19)31-2/h6-13,15-17,26,28,35H,3-5,14H2,1-2H3/b10-6+,11-7+,20-17?. The number of aliphatic hydroxyl groups excluding tert-OH is 1. The number of allylic oxidation sites excluding steroid dienone is 3. The number of halogens is 1. The Morgan fingerprint density at radius 1 is 1.00 bits per heavy atom. The van der Waals surface area contributed by atoms with E-state index in [2.05, 4.69) is 22.0 Å². The third kappa shape index (κ3) is 8.56. The SMILES string of the molecule is COc1cc(/C=C/C(=O)C=C(O)/C=C/c2ccc(OC3CCCCO3)c(OC)c2)ccc1OPI. The zero-order valence-electron chi connectivity index (χ0n) is 19.5. The van der Waals surface area contributed by atoms with Crippen molar-refractivity contribution >= 4 is 46.4 Å². The minimum absolute atomic E-state index is 0.168. The predicted octanol–water partition coefficient (Wildman–Crippen LogP) is 6.67. The van der Waals surface area contributed by atoms with Crippen molar-refractivity contribution in [2.45, 2.75) is 25.6 Å². The van der Waals surface area contributed by atoms with E-state index < -0.39 is 0 Å². The van der Waals surface area contributed by atoms with Crippen LogP contribution in [0.1, 0.15) is 30.4 Å². The number of carbonyl (C=O) groups is 1. The molecule has 2 aromatic rings. The van der Waals surface area contributed by atoms with E-state index in [4.69, 9.17) is 23.5 Å². The van der Waals surface area contributed by atoms with Crippen molar-refractivity contribution in [1.29, 1.82) is 0 Å². The fraction of sp³-hybridized carbons (Fsp3) is 0.269. The average Bonchev–Trinajstić information content (AvgIpc) is 2.88. The fourth-order valence-corrected chi connectivity index (χ4v) is 4.31. The molecule has 3 rings (SSSR count). The number of carbonyl (C=O) groups excluding carboxylic acids is 1. The zero-order chi connectivity index (χ0) is 25.0. The Labute approximate surface area is 220 Å². The topological polar surface area (TPSA) is 83.5 Å². The highest BCUT2D eigenvalue weighted by Crippen LogP contribution is 2.35. The van der Waals surface area contributed by atoms with E-state index in [0.717, 1.165) is 36.5 Å². The average molecular weight is 610 g/mol. The van der Waals surface area contributed by atoms with E-state index in [-0.39, 0.29) is 24.3 Å². The van der Waals surface area contributed by atoms with Crippen LogP contribution < -0.4 is 18.7 Å². The number of ether oxygens (including phenoxy) is 4.